The molecule has 0 amide bonds. The Morgan fingerprint density at radius 3 is 2.43 bits per heavy atom. The molecule has 37 heavy (non-hydrogen) atoms. The smallest absolute Gasteiger partial charge is 0.306 e. The summed E-state index contributed by atoms with van der Waals surface area (Å²) in [7, 11) is 0. The standard InChI is InChI=1S/C28H34N4O4S/c1-16(2)36-21-10-11-29-24(14-21)32-25-13-17(3)12-22(31-25)23-15-30-27(37-23)28(35,20-8-9-20)19-6-4-18(5-7-19)26(33)34/h10-16,18-20,35H,4-9H2,1-3H3,(H,33,34)(H,29,31,32)/t18-,19-,28?. The topological polar surface area (TPSA) is 117 Å². The summed E-state index contributed by atoms with van der Waals surface area (Å²) < 4.78 is 5.78. The van der Waals surface area contributed by atoms with Crippen LogP contribution in [-0.4, -0.2) is 37.2 Å². The zero-order valence-corrected chi connectivity index (χ0v) is 22.3. The number of aliphatic carboxylic acids is 1. The molecule has 2 aliphatic rings. The van der Waals surface area contributed by atoms with Crippen LogP contribution in [0.5, 0.6) is 5.75 Å². The summed E-state index contributed by atoms with van der Waals surface area (Å²) >= 11 is 1.49. The number of ether oxygens (including phenoxy) is 1. The highest BCUT2D eigenvalue weighted by Crippen LogP contribution is 2.55. The van der Waals surface area contributed by atoms with Crippen LogP contribution in [0, 0.1) is 24.7 Å². The molecular formula is C28H34N4O4S. The number of thiazole rings is 1. The molecule has 2 aliphatic carbocycles. The number of aryl methyl sites for hydroxylation is 1. The predicted octanol–water partition coefficient (Wildman–Crippen LogP) is 5.93. The Hall–Kier alpha value is -3.04. The molecule has 0 aromatic carbocycles. The van der Waals surface area contributed by atoms with E-state index in [0.717, 1.165) is 39.7 Å². The molecule has 196 valence electrons. The minimum Gasteiger partial charge on any atom is -0.491 e. The summed E-state index contributed by atoms with van der Waals surface area (Å²) in [5.74, 6) is 1.24. The third-order valence-electron chi connectivity index (χ3n) is 7.33. The lowest BCUT2D eigenvalue weighted by atomic mass is 9.71. The quantitative estimate of drug-likeness (QED) is 0.317. The van der Waals surface area contributed by atoms with Crippen LogP contribution in [-0.2, 0) is 10.4 Å². The van der Waals surface area contributed by atoms with Gasteiger partial charge in [-0.3, -0.25) is 4.79 Å². The van der Waals surface area contributed by atoms with Gasteiger partial charge < -0.3 is 20.3 Å². The van der Waals surface area contributed by atoms with E-state index >= 15 is 0 Å². The second-order valence-electron chi connectivity index (χ2n) is 10.6. The van der Waals surface area contributed by atoms with Crippen LogP contribution in [0.3, 0.4) is 0 Å². The Bertz CT molecular complexity index is 1270. The van der Waals surface area contributed by atoms with Crippen molar-refractivity contribution in [1.82, 2.24) is 15.0 Å². The van der Waals surface area contributed by atoms with E-state index in [4.69, 9.17) is 14.7 Å². The molecule has 3 aromatic heterocycles. The first-order valence-corrected chi connectivity index (χ1v) is 13.8. The Labute approximate surface area is 221 Å². The molecule has 3 heterocycles. The van der Waals surface area contributed by atoms with E-state index < -0.39 is 11.6 Å². The summed E-state index contributed by atoms with van der Waals surface area (Å²) in [5.41, 5.74) is 0.827. The zero-order chi connectivity index (χ0) is 26.2. The highest BCUT2D eigenvalue weighted by molar-refractivity contribution is 7.15. The van der Waals surface area contributed by atoms with Gasteiger partial charge in [0.25, 0.3) is 0 Å². The van der Waals surface area contributed by atoms with Crippen molar-refractivity contribution in [2.45, 2.75) is 71.0 Å². The van der Waals surface area contributed by atoms with Gasteiger partial charge in [-0.15, -0.1) is 11.3 Å². The van der Waals surface area contributed by atoms with Gasteiger partial charge in [-0.1, -0.05) is 0 Å². The molecule has 9 heteroatoms. The van der Waals surface area contributed by atoms with E-state index in [1.165, 1.54) is 11.3 Å². The maximum Gasteiger partial charge on any atom is 0.306 e. The number of hydrogen-bond acceptors (Lipinski definition) is 8. The van der Waals surface area contributed by atoms with E-state index in [-0.39, 0.29) is 23.9 Å². The maximum absolute atomic E-state index is 12.0. The number of aliphatic hydroxyl groups is 1. The Balaban J connectivity index is 1.37. The molecule has 0 spiro atoms. The van der Waals surface area contributed by atoms with Crippen LogP contribution in [0.4, 0.5) is 11.6 Å². The van der Waals surface area contributed by atoms with Gasteiger partial charge in [-0.2, -0.15) is 0 Å². The molecule has 3 N–H and O–H groups in total. The molecule has 8 nitrogen and oxygen atoms in total. The largest absolute Gasteiger partial charge is 0.491 e. The first-order chi connectivity index (χ1) is 17.7. The van der Waals surface area contributed by atoms with Crippen molar-refractivity contribution in [3.8, 4) is 16.3 Å². The number of aromatic nitrogens is 3. The van der Waals surface area contributed by atoms with Gasteiger partial charge in [-0.05, 0) is 94.9 Å². The van der Waals surface area contributed by atoms with Gasteiger partial charge in [0, 0.05) is 18.5 Å². The number of pyridine rings is 2. The van der Waals surface area contributed by atoms with Gasteiger partial charge in [0.1, 0.15) is 28.0 Å². The van der Waals surface area contributed by atoms with Crippen LogP contribution in [0.15, 0.2) is 36.7 Å². The normalized spacial score (nSPS) is 21.4. The predicted molar refractivity (Wildman–Crippen MR) is 143 cm³/mol. The second kappa shape index (κ2) is 10.4. The third kappa shape index (κ3) is 5.62. The van der Waals surface area contributed by atoms with E-state index in [0.29, 0.717) is 37.3 Å². The lowest BCUT2D eigenvalue weighted by molar-refractivity contribution is -0.144. The van der Waals surface area contributed by atoms with Gasteiger partial charge in [0.15, 0.2) is 0 Å². The molecule has 0 radical (unpaired) electrons. The minimum absolute atomic E-state index is 0.0312. The molecule has 2 saturated carbocycles. The molecule has 1 atom stereocenters. The van der Waals surface area contributed by atoms with Crippen molar-refractivity contribution in [3.05, 3.63) is 47.2 Å². The highest BCUT2D eigenvalue weighted by Gasteiger charge is 2.53. The average molecular weight is 523 g/mol. The fourth-order valence-corrected chi connectivity index (χ4v) is 6.50. The monoisotopic (exact) mass is 522 g/mol. The van der Waals surface area contributed by atoms with Crippen molar-refractivity contribution >= 4 is 28.9 Å². The van der Waals surface area contributed by atoms with Gasteiger partial charge in [-0.25, -0.2) is 15.0 Å². The number of nitrogens with zero attached hydrogens (tertiary/aromatic N) is 3. The number of rotatable bonds is 9. The summed E-state index contributed by atoms with van der Waals surface area (Å²) in [5, 5.41) is 25.4. The SMILES string of the molecule is Cc1cc(Nc2cc(OC(C)C)ccn2)nc(-c2cnc(C(O)(C3CC3)[C@H]3CC[C@H](C(=O)O)CC3)s2)c1. The van der Waals surface area contributed by atoms with Crippen LogP contribution in [0.1, 0.15) is 62.9 Å². The number of hydrogen-bond donors (Lipinski definition) is 3. The summed E-state index contributed by atoms with van der Waals surface area (Å²) in [6, 6.07) is 7.66. The van der Waals surface area contributed by atoms with Crippen molar-refractivity contribution < 1.29 is 19.7 Å². The molecule has 0 bridgehead atoms. The number of carboxylic acids is 1. The Kier molecular flexibility index (Phi) is 7.18. The van der Waals surface area contributed by atoms with Crippen molar-refractivity contribution in [3.63, 3.8) is 0 Å². The Morgan fingerprint density at radius 1 is 1.08 bits per heavy atom. The zero-order valence-electron chi connectivity index (χ0n) is 21.5. The summed E-state index contributed by atoms with van der Waals surface area (Å²) in [4.78, 5) is 26.2. The number of nitrogens with one attached hydrogen (secondary N) is 1. The highest BCUT2D eigenvalue weighted by atomic mass is 32.1. The van der Waals surface area contributed by atoms with Crippen LogP contribution >= 0.6 is 11.3 Å². The molecule has 0 aliphatic heterocycles. The third-order valence-corrected chi connectivity index (χ3v) is 8.49. The van der Waals surface area contributed by atoms with E-state index in [1.54, 1.807) is 12.4 Å². The molecule has 0 saturated heterocycles. The lowest BCUT2D eigenvalue weighted by Crippen LogP contribution is -2.40. The first-order valence-electron chi connectivity index (χ1n) is 13.0. The van der Waals surface area contributed by atoms with Gasteiger partial charge in [0.05, 0.1) is 22.6 Å². The van der Waals surface area contributed by atoms with Crippen molar-refractivity contribution in [2.75, 3.05) is 5.32 Å². The first kappa shape index (κ1) is 25.6. The molecule has 5 rings (SSSR count). The number of anilines is 2. The number of carbonyl (C=O) groups is 1. The van der Waals surface area contributed by atoms with E-state index in [9.17, 15) is 15.0 Å². The van der Waals surface area contributed by atoms with Crippen LogP contribution in [0.25, 0.3) is 10.6 Å². The van der Waals surface area contributed by atoms with E-state index in [1.807, 2.05) is 45.0 Å². The molecule has 1 unspecified atom stereocenters. The maximum atomic E-state index is 12.0. The van der Waals surface area contributed by atoms with Gasteiger partial charge in [0.2, 0.25) is 0 Å². The van der Waals surface area contributed by atoms with Crippen molar-refractivity contribution in [1.29, 1.82) is 0 Å². The summed E-state index contributed by atoms with van der Waals surface area (Å²) in [6.07, 6.45) is 8.18. The van der Waals surface area contributed by atoms with Gasteiger partial charge >= 0.3 is 5.97 Å². The molecule has 3 aromatic rings. The van der Waals surface area contributed by atoms with Crippen LogP contribution < -0.4 is 10.1 Å². The number of carboxylic acid groups (broad SMARTS) is 1. The minimum atomic E-state index is -1.00. The fourth-order valence-electron chi connectivity index (χ4n) is 5.38. The average Bonchev–Trinajstić information content (AvgIpc) is 3.59. The summed E-state index contributed by atoms with van der Waals surface area (Å²) in [6.45, 7) is 5.98. The fraction of sp³-hybridized carbons (Fsp3) is 0.500. The lowest BCUT2D eigenvalue weighted by Gasteiger charge is -2.38. The molecule has 2 fully saturated rings. The van der Waals surface area contributed by atoms with Crippen molar-refractivity contribution in [2.24, 2.45) is 17.8 Å². The molecular weight excluding hydrogens is 488 g/mol. The second-order valence-corrected chi connectivity index (χ2v) is 11.6. The van der Waals surface area contributed by atoms with Crippen LogP contribution in [0.2, 0.25) is 0 Å². The Morgan fingerprint density at radius 2 is 1.78 bits per heavy atom. The van der Waals surface area contributed by atoms with E-state index in [2.05, 4.69) is 10.3 Å².